The molecule has 0 radical (unpaired) electrons. The fourth-order valence-corrected chi connectivity index (χ4v) is 3.57. The second-order valence-corrected chi connectivity index (χ2v) is 6.99. The summed E-state index contributed by atoms with van der Waals surface area (Å²) in [5.41, 5.74) is 0.985. The molecule has 1 aromatic carbocycles. The van der Waals surface area contributed by atoms with Crippen molar-refractivity contribution in [3.63, 3.8) is 0 Å². The zero-order valence-corrected chi connectivity index (χ0v) is 16.1. The van der Waals surface area contributed by atoms with Crippen molar-refractivity contribution in [3.8, 4) is 11.5 Å². The molecule has 1 N–H and O–H groups in total. The van der Waals surface area contributed by atoms with Gasteiger partial charge in [-0.3, -0.25) is 9.69 Å². The van der Waals surface area contributed by atoms with E-state index in [0.717, 1.165) is 10.6 Å². The van der Waals surface area contributed by atoms with E-state index in [-0.39, 0.29) is 18.1 Å². The Hall–Kier alpha value is -2.74. The Morgan fingerprint density at radius 2 is 2.11 bits per heavy atom. The zero-order valence-electron chi connectivity index (χ0n) is 15.3. The average molecular weight is 390 g/mol. The molecule has 0 spiro atoms. The van der Waals surface area contributed by atoms with Gasteiger partial charge < -0.3 is 19.5 Å². The Labute approximate surface area is 161 Å². The molecular formula is C19H22N2O5S. The van der Waals surface area contributed by atoms with Gasteiger partial charge in [0.05, 0.1) is 27.3 Å². The van der Waals surface area contributed by atoms with E-state index in [0.29, 0.717) is 37.4 Å². The molecule has 1 unspecified atom stereocenters. The molecule has 7 nitrogen and oxygen atoms in total. The minimum Gasteiger partial charge on any atom is -0.493 e. The molecule has 1 aromatic heterocycles. The third kappa shape index (κ3) is 4.71. The summed E-state index contributed by atoms with van der Waals surface area (Å²) < 4.78 is 15.8. The molecule has 27 heavy (non-hydrogen) atoms. The van der Waals surface area contributed by atoms with E-state index in [9.17, 15) is 9.59 Å². The van der Waals surface area contributed by atoms with Gasteiger partial charge in [-0.2, -0.15) is 0 Å². The van der Waals surface area contributed by atoms with E-state index in [1.807, 2.05) is 35.7 Å². The summed E-state index contributed by atoms with van der Waals surface area (Å²) in [6.07, 6.45) is 0.203. The van der Waals surface area contributed by atoms with Gasteiger partial charge in [0, 0.05) is 6.42 Å². The molecule has 3 rings (SSSR count). The molecule has 0 bridgehead atoms. The van der Waals surface area contributed by atoms with Crippen LogP contribution < -0.4 is 19.7 Å². The molecule has 8 heteroatoms. The van der Waals surface area contributed by atoms with Crippen LogP contribution in [0.15, 0.2) is 35.7 Å². The molecular weight excluding hydrogens is 368 g/mol. The van der Waals surface area contributed by atoms with Gasteiger partial charge in [0.2, 0.25) is 5.91 Å². The van der Waals surface area contributed by atoms with Gasteiger partial charge in [0.25, 0.3) is 0 Å². The van der Waals surface area contributed by atoms with E-state index in [1.165, 1.54) is 11.3 Å². The van der Waals surface area contributed by atoms with Gasteiger partial charge in [-0.05, 0) is 41.6 Å². The number of hydrogen-bond donors (Lipinski definition) is 1. The molecule has 2 amide bonds. The first-order valence-corrected chi connectivity index (χ1v) is 9.48. The third-order valence-electron chi connectivity index (χ3n) is 4.26. The molecule has 1 saturated heterocycles. The predicted molar refractivity (Wildman–Crippen MR) is 103 cm³/mol. The van der Waals surface area contributed by atoms with Crippen LogP contribution in [0, 0.1) is 0 Å². The first kappa shape index (κ1) is 19.0. The number of benzene rings is 1. The molecule has 1 aliphatic rings. The normalized spacial score (nSPS) is 16.1. The summed E-state index contributed by atoms with van der Waals surface area (Å²) in [6.45, 7) is 0.744. The van der Waals surface area contributed by atoms with Gasteiger partial charge in [-0.25, -0.2) is 4.79 Å². The van der Waals surface area contributed by atoms with Crippen molar-refractivity contribution < 1.29 is 23.8 Å². The molecule has 144 valence electrons. The van der Waals surface area contributed by atoms with Crippen LogP contribution in [0.2, 0.25) is 0 Å². The third-order valence-corrected chi connectivity index (χ3v) is 5.15. The maximum Gasteiger partial charge on any atom is 0.415 e. The van der Waals surface area contributed by atoms with Crippen molar-refractivity contribution in [3.05, 3.63) is 41.3 Å². The standard InChI is InChI=1S/C19H22N2O5S/c1-24-15-7-5-13(10-16(15)25-2)6-8-17(22)20-11-14-12-21(19(23)26-14)18-4-3-9-27-18/h3-5,7,9-10,14H,6,8,11-12H2,1-2H3,(H,20,22). The number of nitrogens with zero attached hydrogens (tertiary/aromatic N) is 1. The van der Waals surface area contributed by atoms with Crippen molar-refractivity contribution in [2.75, 3.05) is 32.2 Å². The summed E-state index contributed by atoms with van der Waals surface area (Å²) in [7, 11) is 3.16. The Bertz CT molecular complexity index is 793. The lowest BCUT2D eigenvalue weighted by Gasteiger charge is -2.11. The SMILES string of the molecule is COc1ccc(CCC(=O)NCC2CN(c3cccs3)C(=O)O2)cc1OC. The highest BCUT2D eigenvalue weighted by molar-refractivity contribution is 7.14. The van der Waals surface area contributed by atoms with Gasteiger partial charge >= 0.3 is 6.09 Å². The fraction of sp³-hybridized carbons (Fsp3) is 0.368. The van der Waals surface area contributed by atoms with Crippen LogP contribution in [-0.4, -0.2) is 45.4 Å². The summed E-state index contributed by atoms with van der Waals surface area (Å²) in [5, 5.41) is 5.59. The Kier molecular flexibility index (Phi) is 6.18. The van der Waals surface area contributed by atoms with Gasteiger partial charge in [-0.1, -0.05) is 6.07 Å². The van der Waals surface area contributed by atoms with Crippen LogP contribution in [-0.2, 0) is 16.0 Å². The van der Waals surface area contributed by atoms with Crippen LogP contribution in [0.25, 0.3) is 0 Å². The maximum absolute atomic E-state index is 12.1. The van der Waals surface area contributed by atoms with Crippen molar-refractivity contribution in [1.29, 1.82) is 0 Å². The van der Waals surface area contributed by atoms with E-state index < -0.39 is 0 Å². The second kappa shape index (κ2) is 8.77. The predicted octanol–water partition coefficient (Wildman–Crippen LogP) is 2.84. The molecule has 1 aliphatic heterocycles. The van der Waals surface area contributed by atoms with Crippen molar-refractivity contribution in [2.24, 2.45) is 0 Å². The van der Waals surface area contributed by atoms with E-state index in [4.69, 9.17) is 14.2 Å². The highest BCUT2D eigenvalue weighted by Crippen LogP contribution is 2.28. The zero-order chi connectivity index (χ0) is 19.2. The van der Waals surface area contributed by atoms with Gasteiger partial charge in [0.15, 0.2) is 11.5 Å². The lowest BCUT2D eigenvalue weighted by Crippen LogP contribution is -2.34. The molecule has 0 aliphatic carbocycles. The fourth-order valence-electron chi connectivity index (χ4n) is 2.84. The summed E-state index contributed by atoms with van der Waals surface area (Å²) >= 11 is 1.48. The van der Waals surface area contributed by atoms with E-state index >= 15 is 0 Å². The number of rotatable bonds is 8. The summed E-state index contributed by atoms with van der Waals surface area (Å²) in [6, 6.07) is 9.35. The van der Waals surface area contributed by atoms with E-state index in [2.05, 4.69) is 5.32 Å². The van der Waals surface area contributed by atoms with Crippen molar-refractivity contribution in [2.45, 2.75) is 18.9 Å². The Morgan fingerprint density at radius 3 is 2.81 bits per heavy atom. The van der Waals surface area contributed by atoms with Crippen LogP contribution in [0.5, 0.6) is 11.5 Å². The summed E-state index contributed by atoms with van der Waals surface area (Å²) in [5.74, 6) is 1.21. The number of nitrogens with one attached hydrogen (secondary N) is 1. The Morgan fingerprint density at radius 1 is 1.30 bits per heavy atom. The lowest BCUT2D eigenvalue weighted by molar-refractivity contribution is -0.121. The minimum atomic E-state index is -0.373. The maximum atomic E-state index is 12.1. The number of methoxy groups -OCH3 is 2. The van der Waals surface area contributed by atoms with Crippen LogP contribution in [0.4, 0.5) is 9.80 Å². The quantitative estimate of drug-likeness (QED) is 0.750. The lowest BCUT2D eigenvalue weighted by atomic mass is 10.1. The number of hydrogen-bond acceptors (Lipinski definition) is 6. The van der Waals surface area contributed by atoms with Crippen molar-refractivity contribution in [1.82, 2.24) is 5.32 Å². The smallest absolute Gasteiger partial charge is 0.415 e. The molecule has 2 heterocycles. The number of anilines is 1. The molecule has 1 fully saturated rings. The van der Waals surface area contributed by atoms with Gasteiger partial charge in [0.1, 0.15) is 11.1 Å². The highest BCUT2D eigenvalue weighted by atomic mass is 32.1. The molecule has 0 saturated carbocycles. The second-order valence-electron chi connectivity index (χ2n) is 6.06. The number of thiophene rings is 1. The molecule has 1 atom stereocenters. The topological polar surface area (TPSA) is 77.1 Å². The number of cyclic esters (lactones) is 1. The number of ether oxygens (including phenoxy) is 3. The summed E-state index contributed by atoms with van der Waals surface area (Å²) in [4.78, 5) is 25.6. The first-order chi connectivity index (χ1) is 13.1. The number of amides is 2. The van der Waals surface area contributed by atoms with E-state index in [1.54, 1.807) is 19.1 Å². The number of carbonyl (C=O) groups excluding carboxylic acids is 2. The highest BCUT2D eigenvalue weighted by Gasteiger charge is 2.32. The van der Waals surface area contributed by atoms with Crippen LogP contribution >= 0.6 is 11.3 Å². The van der Waals surface area contributed by atoms with Gasteiger partial charge in [-0.15, -0.1) is 11.3 Å². The molecule has 2 aromatic rings. The van der Waals surface area contributed by atoms with Crippen LogP contribution in [0.1, 0.15) is 12.0 Å². The number of carbonyl (C=O) groups is 2. The number of aryl methyl sites for hydroxylation is 1. The largest absolute Gasteiger partial charge is 0.493 e. The average Bonchev–Trinajstić information content (AvgIpc) is 3.33. The monoisotopic (exact) mass is 390 g/mol. The van der Waals surface area contributed by atoms with Crippen molar-refractivity contribution >= 4 is 28.3 Å². The van der Waals surface area contributed by atoms with Crippen LogP contribution in [0.3, 0.4) is 0 Å². The Balaban J connectivity index is 1.44. The minimum absolute atomic E-state index is 0.0876. The first-order valence-electron chi connectivity index (χ1n) is 8.60.